The van der Waals surface area contributed by atoms with Crippen LogP contribution in [0.15, 0.2) is 91.1 Å². The normalized spacial score (nSPS) is 22.7. The maximum atomic E-state index is 6.83. The van der Waals surface area contributed by atoms with Crippen LogP contribution in [0.25, 0.3) is 10.9 Å². The summed E-state index contributed by atoms with van der Waals surface area (Å²) in [6.07, 6.45) is 8.03. The molecule has 4 aromatic rings. The van der Waals surface area contributed by atoms with E-state index >= 15 is 0 Å². The molecule has 42 heavy (non-hydrogen) atoms. The monoisotopic (exact) mass is 566 g/mol. The Labute approximate surface area is 250 Å². The van der Waals surface area contributed by atoms with Crippen LogP contribution in [-0.4, -0.2) is 71.8 Å². The van der Waals surface area contributed by atoms with Crippen molar-refractivity contribution < 1.29 is 9.47 Å². The summed E-state index contributed by atoms with van der Waals surface area (Å²) < 4.78 is 13.7. The molecule has 3 aromatic carbocycles. The maximum absolute atomic E-state index is 6.83. The summed E-state index contributed by atoms with van der Waals surface area (Å²) in [5, 5.41) is 1.33. The molecule has 2 unspecified atom stereocenters. The number of ether oxygens (including phenoxy) is 2. The molecule has 3 aliphatic heterocycles. The minimum absolute atomic E-state index is 0.0177. The Bertz CT molecular complexity index is 1360. The smallest absolute Gasteiger partial charge is 0.102 e. The van der Waals surface area contributed by atoms with Crippen LogP contribution < -0.4 is 5.73 Å². The van der Waals surface area contributed by atoms with Gasteiger partial charge in [-0.25, -0.2) is 0 Å². The summed E-state index contributed by atoms with van der Waals surface area (Å²) in [5.41, 5.74) is 10.8. The van der Waals surface area contributed by atoms with Crippen molar-refractivity contribution in [3.63, 3.8) is 0 Å². The van der Waals surface area contributed by atoms with E-state index < -0.39 is 0 Å². The summed E-state index contributed by atoms with van der Waals surface area (Å²) in [4.78, 5) is 8.85. The summed E-state index contributed by atoms with van der Waals surface area (Å²) in [7, 11) is 0. The third kappa shape index (κ3) is 6.96. The van der Waals surface area contributed by atoms with E-state index in [-0.39, 0.29) is 18.2 Å². The predicted molar refractivity (Wildman–Crippen MR) is 170 cm³/mol. The molecule has 4 atom stereocenters. The van der Waals surface area contributed by atoms with Gasteiger partial charge in [0.1, 0.15) is 12.2 Å². The highest BCUT2D eigenvalue weighted by Gasteiger charge is 2.52. The van der Waals surface area contributed by atoms with Crippen molar-refractivity contribution in [3.05, 3.63) is 108 Å². The van der Waals surface area contributed by atoms with Crippen LogP contribution in [0.1, 0.15) is 42.4 Å². The van der Waals surface area contributed by atoms with E-state index in [0.29, 0.717) is 19.3 Å². The van der Waals surface area contributed by atoms with Crippen molar-refractivity contribution in [1.82, 2.24) is 14.8 Å². The lowest BCUT2D eigenvalue weighted by Gasteiger charge is -2.58. The van der Waals surface area contributed by atoms with Crippen molar-refractivity contribution in [2.24, 2.45) is 5.73 Å². The van der Waals surface area contributed by atoms with E-state index in [2.05, 4.69) is 106 Å². The van der Waals surface area contributed by atoms with Gasteiger partial charge in [-0.2, -0.15) is 0 Å². The van der Waals surface area contributed by atoms with E-state index in [1.165, 1.54) is 46.9 Å². The average molecular weight is 567 g/mol. The second-order valence-electron chi connectivity index (χ2n) is 12.0. The fourth-order valence-corrected chi connectivity index (χ4v) is 6.92. The van der Waals surface area contributed by atoms with Gasteiger partial charge in [-0.05, 0) is 55.1 Å². The van der Waals surface area contributed by atoms with E-state index in [1.807, 2.05) is 0 Å². The van der Waals surface area contributed by atoms with Gasteiger partial charge in [0, 0.05) is 36.7 Å². The molecule has 4 heterocycles. The number of aromatic amines is 1. The van der Waals surface area contributed by atoms with Crippen LogP contribution in [-0.2, 0) is 29.1 Å². The first-order valence-electron chi connectivity index (χ1n) is 15.8. The zero-order chi connectivity index (χ0) is 28.6. The van der Waals surface area contributed by atoms with Crippen LogP contribution in [0, 0.1) is 0 Å². The molecule has 2 bridgehead atoms. The molecular formula is C36H46N4O2. The van der Waals surface area contributed by atoms with Crippen molar-refractivity contribution in [2.45, 2.75) is 69.6 Å². The molecule has 1 aromatic heterocycles. The zero-order valence-corrected chi connectivity index (χ0v) is 24.7. The van der Waals surface area contributed by atoms with Crippen LogP contribution in [0.5, 0.6) is 0 Å². The van der Waals surface area contributed by atoms with Crippen molar-refractivity contribution in [2.75, 3.05) is 32.7 Å². The van der Waals surface area contributed by atoms with Gasteiger partial charge in [0.05, 0.1) is 25.3 Å². The standard InChI is InChI=1S/C36H46N4O2/c37-20-11-1-2-12-21-39-24-34-36(42-27-29-15-7-4-8-16-29)35(41-26-28-13-5-3-6-14-28)33(39)25-40(34)22-19-30-23-38-32-18-10-9-17-31(30)32/h3-10,13-18,23,33-36,38H,1-2,11-12,19-22,24-27,37H2/t33?,34?,35-,36-/m1/s1. The van der Waals surface area contributed by atoms with E-state index in [0.717, 1.165) is 45.6 Å². The number of aromatic nitrogens is 1. The Kier molecular flexibility index (Phi) is 10.0. The molecule has 3 N–H and O–H groups in total. The molecule has 3 fully saturated rings. The molecule has 0 radical (unpaired) electrons. The Morgan fingerprint density at radius 2 is 1.24 bits per heavy atom. The largest absolute Gasteiger partial charge is 0.369 e. The first kappa shape index (κ1) is 29.1. The summed E-state index contributed by atoms with van der Waals surface area (Å²) in [5.74, 6) is 0. The third-order valence-electron chi connectivity index (χ3n) is 9.18. The van der Waals surface area contributed by atoms with Gasteiger partial charge in [-0.3, -0.25) is 9.80 Å². The molecule has 0 aliphatic carbocycles. The fourth-order valence-electron chi connectivity index (χ4n) is 6.92. The van der Waals surface area contributed by atoms with E-state index in [1.54, 1.807) is 0 Å². The van der Waals surface area contributed by atoms with E-state index in [9.17, 15) is 0 Å². The lowest BCUT2D eigenvalue weighted by atomic mass is 9.84. The van der Waals surface area contributed by atoms with Gasteiger partial charge in [0.15, 0.2) is 0 Å². The van der Waals surface area contributed by atoms with Crippen molar-refractivity contribution in [1.29, 1.82) is 0 Å². The topological polar surface area (TPSA) is 66.8 Å². The molecule has 6 nitrogen and oxygen atoms in total. The Morgan fingerprint density at radius 3 is 1.88 bits per heavy atom. The number of piperidine rings is 2. The summed E-state index contributed by atoms with van der Waals surface area (Å²) >= 11 is 0. The fraction of sp³-hybridized carbons (Fsp3) is 0.444. The highest BCUT2D eigenvalue weighted by Crippen LogP contribution is 2.35. The Morgan fingerprint density at radius 1 is 0.667 bits per heavy atom. The predicted octanol–water partition coefficient (Wildman–Crippen LogP) is 5.77. The lowest BCUT2D eigenvalue weighted by Crippen LogP contribution is -2.75. The number of benzene rings is 3. The number of unbranched alkanes of at least 4 members (excludes halogenated alkanes) is 3. The Hall–Kier alpha value is -3.00. The summed E-state index contributed by atoms with van der Waals surface area (Å²) in [6, 6.07) is 30.3. The second-order valence-corrected chi connectivity index (χ2v) is 12.0. The zero-order valence-electron chi connectivity index (χ0n) is 24.7. The summed E-state index contributed by atoms with van der Waals surface area (Å²) in [6.45, 7) is 6.17. The van der Waals surface area contributed by atoms with Crippen LogP contribution in [0.2, 0.25) is 0 Å². The molecule has 222 valence electrons. The number of para-hydroxylation sites is 1. The van der Waals surface area contributed by atoms with Crippen molar-refractivity contribution >= 4 is 10.9 Å². The number of rotatable bonds is 15. The van der Waals surface area contributed by atoms with E-state index in [4.69, 9.17) is 15.2 Å². The van der Waals surface area contributed by atoms with Crippen LogP contribution in [0.3, 0.4) is 0 Å². The highest BCUT2D eigenvalue weighted by molar-refractivity contribution is 5.83. The van der Waals surface area contributed by atoms with Gasteiger partial charge in [-0.15, -0.1) is 0 Å². The maximum Gasteiger partial charge on any atom is 0.102 e. The third-order valence-corrected chi connectivity index (χ3v) is 9.18. The molecular weight excluding hydrogens is 520 g/mol. The lowest BCUT2D eigenvalue weighted by molar-refractivity contribution is -0.209. The number of nitrogens with zero attached hydrogens (tertiary/aromatic N) is 2. The average Bonchev–Trinajstić information content (AvgIpc) is 3.46. The molecule has 3 aliphatic rings. The molecule has 3 saturated heterocycles. The number of fused-ring (bicyclic) bond motifs is 4. The quantitative estimate of drug-likeness (QED) is 0.179. The number of nitrogens with two attached hydrogens (primary N) is 1. The van der Waals surface area contributed by atoms with Gasteiger partial charge in [-0.1, -0.05) is 91.7 Å². The first-order chi connectivity index (χ1) is 20.8. The molecule has 0 spiro atoms. The number of hydrogen-bond donors (Lipinski definition) is 2. The van der Waals surface area contributed by atoms with Crippen LogP contribution >= 0.6 is 0 Å². The van der Waals surface area contributed by atoms with Gasteiger partial charge in [0.25, 0.3) is 0 Å². The number of piperazine rings is 1. The Balaban J connectivity index is 1.21. The van der Waals surface area contributed by atoms with Crippen molar-refractivity contribution in [3.8, 4) is 0 Å². The number of H-pyrrole nitrogens is 1. The van der Waals surface area contributed by atoms with Gasteiger partial charge in [0.2, 0.25) is 0 Å². The molecule has 7 rings (SSSR count). The minimum atomic E-state index is 0.0177. The van der Waals surface area contributed by atoms with Crippen LogP contribution in [0.4, 0.5) is 0 Å². The second kappa shape index (κ2) is 14.5. The van der Waals surface area contributed by atoms with Gasteiger partial charge < -0.3 is 20.2 Å². The SMILES string of the molecule is NCCCCCCN1CC2[C@@H](OCc3ccccc3)[C@H](OCc3ccccc3)C1CN2CCc1c[nH]c2ccccc12. The number of nitrogens with one attached hydrogen (secondary N) is 1. The number of hydrogen-bond acceptors (Lipinski definition) is 5. The first-order valence-corrected chi connectivity index (χ1v) is 15.8. The molecule has 6 heteroatoms. The minimum Gasteiger partial charge on any atom is -0.369 e. The highest BCUT2D eigenvalue weighted by atomic mass is 16.5. The molecule has 0 saturated carbocycles. The van der Waals surface area contributed by atoms with Gasteiger partial charge >= 0.3 is 0 Å². The molecule has 0 amide bonds.